The van der Waals surface area contributed by atoms with Crippen molar-refractivity contribution in [2.24, 2.45) is 39.4 Å². The highest BCUT2D eigenvalue weighted by atomic mass is 16.7. The fourth-order valence-corrected chi connectivity index (χ4v) is 10.6. The third kappa shape index (κ3) is 6.43. The van der Waals surface area contributed by atoms with Crippen LogP contribution in [0.4, 0.5) is 0 Å². The Morgan fingerprint density at radius 1 is 0.961 bits per heavy atom. The van der Waals surface area contributed by atoms with Gasteiger partial charge < -0.3 is 39.4 Å². The second kappa shape index (κ2) is 12.9. The van der Waals surface area contributed by atoms with E-state index in [4.69, 9.17) is 18.9 Å². The van der Waals surface area contributed by atoms with Crippen LogP contribution in [0, 0.1) is 39.4 Å². The van der Waals surface area contributed by atoms with Gasteiger partial charge in [-0.2, -0.15) is 0 Å². The first kappa shape index (κ1) is 39.3. The first-order valence-electron chi connectivity index (χ1n) is 18.0. The normalized spacial score (nSPS) is 41.7. The zero-order valence-corrected chi connectivity index (χ0v) is 31.5. The minimum absolute atomic E-state index is 0.0463. The number of Topliss-reactive ketones (excluding diaryl/α,β-unsaturated/α-hetero) is 1. The molecule has 4 aliphatic carbocycles. The fraction of sp³-hybridized carbons (Fsp3) is 0.744. The number of carbonyl (C=O) groups excluding carboxylic acids is 4. The Balaban J connectivity index is 1.60. The summed E-state index contributed by atoms with van der Waals surface area (Å²) >= 11 is 0. The van der Waals surface area contributed by atoms with Crippen LogP contribution in [0.3, 0.4) is 0 Å². The van der Waals surface area contributed by atoms with E-state index in [2.05, 4.69) is 26.8 Å². The van der Waals surface area contributed by atoms with Crippen LogP contribution in [0.25, 0.3) is 0 Å². The third-order valence-corrected chi connectivity index (χ3v) is 13.3. The molecule has 0 aromatic rings. The van der Waals surface area contributed by atoms with E-state index in [1.54, 1.807) is 6.08 Å². The minimum Gasteiger partial charge on any atom is -0.505 e. The molecule has 4 N–H and O–H groups in total. The van der Waals surface area contributed by atoms with Crippen LogP contribution >= 0.6 is 0 Å². The summed E-state index contributed by atoms with van der Waals surface area (Å²) in [5.74, 6) is -3.66. The van der Waals surface area contributed by atoms with E-state index in [0.717, 1.165) is 5.57 Å². The highest BCUT2D eigenvalue weighted by molar-refractivity contribution is 6.01. The zero-order chi connectivity index (χ0) is 38.3. The number of hydrogen-bond acceptors (Lipinski definition) is 12. The van der Waals surface area contributed by atoms with Gasteiger partial charge in [-0.25, -0.2) is 0 Å². The molecule has 5 rings (SSSR count). The monoisotopic (exact) mass is 716 g/mol. The van der Waals surface area contributed by atoms with E-state index in [0.29, 0.717) is 25.7 Å². The van der Waals surface area contributed by atoms with Crippen molar-refractivity contribution in [3.8, 4) is 0 Å². The van der Waals surface area contributed by atoms with Gasteiger partial charge in [0, 0.05) is 25.7 Å². The SMILES string of the molecule is CC(=O)O[C@H]1[C@H](O[C@@H]2C[C@@]3(C)C4CC=C5[C@@H](C=C(O)C(=O)C5(C)C)[C@]4(C)CC[C@]3(C)[C@H]2[C@@](C)(O)C(=O)/C=C/C(C)(C)O)OC[C@H](OC(C)=O)[C@@H]1O. The van der Waals surface area contributed by atoms with E-state index >= 15 is 0 Å². The summed E-state index contributed by atoms with van der Waals surface area (Å²) < 4.78 is 23.4. The largest absolute Gasteiger partial charge is 0.505 e. The molecule has 51 heavy (non-hydrogen) atoms. The second-order valence-corrected chi connectivity index (χ2v) is 17.5. The Kier molecular flexibility index (Phi) is 9.94. The van der Waals surface area contributed by atoms with Crippen LogP contribution in [0.1, 0.15) is 94.9 Å². The summed E-state index contributed by atoms with van der Waals surface area (Å²) in [7, 11) is 0. The maximum Gasteiger partial charge on any atom is 0.303 e. The number of ether oxygens (including phenoxy) is 4. The van der Waals surface area contributed by atoms with Gasteiger partial charge >= 0.3 is 11.9 Å². The fourth-order valence-electron chi connectivity index (χ4n) is 10.6. The Morgan fingerprint density at radius 3 is 2.18 bits per heavy atom. The summed E-state index contributed by atoms with van der Waals surface area (Å²) in [6, 6.07) is 0. The Hall–Kier alpha value is -2.90. The minimum atomic E-state index is -2.01. The van der Waals surface area contributed by atoms with Gasteiger partial charge in [-0.15, -0.1) is 0 Å². The van der Waals surface area contributed by atoms with Crippen LogP contribution in [-0.2, 0) is 38.1 Å². The molecule has 0 aromatic carbocycles. The van der Waals surface area contributed by atoms with Crippen molar-refractivity contribution in [3.63, 3.8) is 0 Å². The van der Waals surface area contributed by atoms with Gasteiger partial charge in [-0.05, 0) is 94.6 Å². The van der Waals surface area contributed by atoms with Gasteiger partial charge in [0.05, 0.1) is 23.7 Å². The average molecular weight is 717 g/mol. The zero-order valence-electron chi connectivity index (χ0n) is 31.5. The van der Waals surface area contributed by atoms with Gasteiger partial charge in [-0.1, -0.05) is 38.5 Å². The van der Waals surface area contributed by atoms with Gasteiger partial charge in [0.25, 0.3) is 0 Å². The van der Waals surface area contributed by atoms with Gasteiger partial charge in [-0.3, -0.25) is 19.2 Å². The summed E-state index contributed by atoms with van der Waals surface area (Å²) in [5.41, 5.74) is -4.95. The molecule has 1 saturated heterocycles. The van der Waals surface area contributed by atoms with E-state index < -0.39 is 87.2 Å². The predicted octanol–water partition coefficient (Wildman–Crippen LogP) is 4.05. The number of allylic oxidation sites excluding steroid dienone is 4. The first-order valence-corrected chi connectivity index (χ1v) is 18.0. The molecule has 284 valence electrons. The number of hydrogen-bond donors (Lipinski definition) is 4. The highest BCUT2D eigenvalue weighted by Crippen LogP contribution is 2.75. The second-order valence-electron chi connectivity index (χ2n) is 17.5. The Morgan fingerprint density at radius 2 is 1.59 bits per heavy atom. The molecule has 12 atom stereocenters. The average Bonchev–Trinajstić information content (AvgIpc) is 3.24. The van der Waals surface area contributed by atoms with Crippen molar-refractivity contribution < 1.29 is 58.6 Å². The van der Waals surface area contributed by atoms with Crippen molar-refractivity contribution in [2.45, 2.75) is 137 Å². The van der Waals surface area contributed by atoms with Crippen molar-refractivity contribution >= 4 is 23.5 Å². The number of ketones is 2. The molecular weight excluding hydrogens is 660 g/mol. The van der Waals surface area contributed by atoms with Crippen LogP contribution in [0.15, 0.2) is 35.6 Å². The molecule has 1 aliphatic heterocycles. The molecule has 0 spiro atoms. The van der Waals surface area contributed by atoms with Crippen molar-refractivity contribution in [1.82, 2.24) is 0 Å². The molecule has 1 unspecified atom stereocenters. The molecule has 0 bridgehead atoms. The lowest BCUT2D eigenvalue weighted by molar-refractivity contribution is -0.296. The lowest BCUT2D eigenvalue weighted by atomic mass is 9.39. The molecule has 2 saturated carbocycles. The standard InChI is InChI=1S/C39H56O12/c1-20(40)49-26-19-48-33(30(29(26)44)50-21(2)41)51-25-18-38(9)27-12-11-22-23(17-24(42)32(45)35(22,5)6)36(27,7)15-16-37(38,8)31(25)39(10,47)28(43)13-14-34(3,4)46/h11,13-14,17,23,25-27,29-31,33,42,44,46-47H,12,15-16,18-19H2,1-10H3/b14-13+/t23-,25-,26+,27?,29+,30-,31+,33+,36+,37-,38+,39+/m1/s1. The molecule has 0 aromatic heterocycles. The molecule has 3 fully saturated rings. The predicted molar refractivity (Wildman–Crippen MR) is 184 cm³/mol. The van der Waals surface area contributed by atoms with Crippen LogP contribution in [0.5, 0.6) is 0 Å². The molecular formula is C39H56O12. The molecule has 12 nitrogen and oxygen atoms in total. The molecule has 0 amide bonds. The van der Waals surface area contributed by atoms with E-state index in [1.165, 1.54) is 46.8 Å². The van der Waals surface area contributed by atoms with E-state index in [1.807, 2.05) is 13.8 Å². The number of aliphatic hydroxyl groups excluding tert-OH is 2. The number of fused-ring (bicyclic) bond motifs is 5. The lowest BCUT2D eigenvalue weighted by Gasteiger charge is -2.64. The van der Waals surface area contributed by atoms with Crippen molar-refractivity contribution in [1.29, 1.82) is 0 Å². The van der Waals surface area contributed by atoms with E-state index in [9.17, 15) is 39.6 Å². The highest BCUT2D eigenvalue weighted by Gasteiger charge is 2.73. The number of aliphatic hydroxyl groups is 4. The first-order chi connectivity index (χ1) is 23.3. The van der Waals surface area contributed by atoms with Gasteiger partial charge in [0.1, 0.15) is 11.7 Å². The van der Waals surface area contributed by atoms with Gasteiger partial charge in [0.2, 0.25) is 5.78 Å². The van der Waals surface area contributed by atoms with E-state index in [-0.39, 0.29) is 30.0 Å². The van der Waals surface area contributed by atoms with Crippen LogP contribution < -0.4 is 0 Å². The van der Waals surface area contributed by atoms with Crippen LogP contribution in [-0.4, -0.2) is 92.4 Å². The molecule has 12 heteroatoms. The third-order valence-electron chi connectivity index (χ3n) is 13.3. The summed E-state index contributed by atoms with van der Waals surface area (Å²) in [4.78, 5) is 51.0. The Bertz CT molecular complexity index is 1550. The van der Waals surface area contributed by atoms with Crippen LogP contribution in [0.2, 0.25) is 0 Å². The quantitative estimate of drug-likeness (QED) is 0.161. The summed E-state index contributed by atoms with van der Waals surface area (Å²) in [5, 5.41) is 44.8. The smallest absolute Gasteiger partial charge is 0.303 e. The summed E-state index contributed by atoms with van der Waals surface area (Å²) in [6.45, 7) is 16.7. The maximum absolute atomic E-state index is 14.0. The maximum atomic E-state index is 14.0. The molecule has 1 heterocycles. The molecule has 5 aliphatic rings. The van der Waals surface area contributed by atoms with Crippen molar-refractivity contribution in [3.05, 3.63) is 35.6 Å². The summed E-state index contributed by atoms with van der Waals surface area (Å²) in [6.07, 6.45) is 2.33. The number of rotatable bonds is 8. The number of carbonyl (C=O) groups is 4. The Labute approximate surface area is 300 Å². The lowest BCUT2D eigenvalue weighted by Crippen LogP contribution is -2.61. The molecule has 0 radical (unpaired) electrons. The topological polar surface area (TPSA) is 186 Å². The number of esters is 2. The van der Waals surface area contributed by atoms with Crippen molar-refractivity contribution in [2.75, 3.05) is 6.61 Å². The van der Waals surface area contributed by atoms with Gasteiger partial charge in [0.15, 0.2) is 30.0 Å².